The molecule has 10 nitrogen and oxygen atoms in total. The van der Waals surface area contributed by atoms with Gasteiger partial charge in [0.05, 0.1) is 10.9 Å². The molecule has 1 aromatic carbocycles. The molecule has 0 bridgehead atoms. The molecule has 0 aliphatic carbocycles. The van der Waals surface area contributed by atoms with Gasteiger partial charge in [-0.25, -0.2) is 4.57 Å². The molecule has 162 valence electrons. The number of aromatic nitrogens is 2. The Balaban J connectivity index is 1.78. The number of hydrogen-bond donors (Lipinski definition) is 2. The zero-order valence-electron chi connectivity index (χ0n) is 16.7. The summed E-state index contributed by atoms with van der Waals surface area (Å²) in [4.78, 5) is 26.7. The topological polar surface area (TPSA) is 144 Å². The van der Waals surface area contributed by atoms with Gasteiger partial charge in [-0.15, -0.1) is 0 Å². The fourth-order valence-corrected chi connectivity index (χ4v) is 4.82. The summed E-state index contributed by atoms with van der Waals surface area (Å²) in [5, 5.41) is 14.2. The molecule has 1 saturated heterocycles. The number of nitro groups is 1. The molecular formula is C19H24N4O6S. The van der Waals surface area contributed by atoms with Crippen LogP contribution in [0.5, 0.6) is 0 Å². The van der Waals surface area contributed by atoms with Gasteiger partial charge in [-0.3, -0.25) is 9.35 Å². The van der Waals surface area contributed by atoms with E-state index in [4.69, 9.17) is 0 Å². The number of benzene rings is 1. The Hall–Kier alpha value is -2.63. The molecule has 30 heavy (non-hydrogen) atoms. The molecule has 0 radical (unpaired) electrons. The van der Waals surface area contributed by atoms with Crippen LogP contribution in [-0.2, 0) is 21.5 Å². The van der Waals surface area contributed by atoms with Crippen LogP contribution in [0.3, 0.4) is 0 Å². The van der Waals surface area contributed by atoms with E-state index in [-0.39, 0.29) is 35.0 Å². The molecule has 0 spiro atoms. The van der Waals surface area contributed by atoms with Gasteiger partial charge in [0.1, 0.15) is 18.9 Å². The Morgan fingerprint density at radius 3 is 2.87 bits per heavy atom. The van der Waals surface area contributed by atoms with Crippen molar-refractivity contribution in [2.45, 2.75) is 50.1 Å². The summed E-state index contributed by atoms with van der Waals surface area (Å²) in [6.45, 7) is 4.12. The van der Waals surface area contributed by atoms with Crippen molar-refractivity contribution in [3.63, 3.8) is 0 Å². The van der Waals surface area contributed by atoms with Crippen molar-refractivity contribution in [3.8, 4) is 0 Å². The first kappa shape index (κ1) is 22.1. The van der Waals surface area contributed by atoms with E-state index in [0.29, 0.717) is 18.5 Å². The molecule has 0 amide bonds. The monoisotopic (exact) mass is 436 g/mol. The lowest BCUT2D eigenvalue weighted by Gasteiger charge is -2.34. The first-order valence-corrected chi connectivity index (χ1v) is 11.0. The second-order valence-electron chi connectivity index (χ2n) is 7.67. The van der Waals surface area contributed by atoms with Crippen LogP contribution in [-0.4, -0.2) is 45.8 Å². The molecule has 2 N–H and O–H groups in total. The molecule has 1 aliphatic rings. The average Bonchev–Trinajstić information content (AvgIpc) is 3.15. The zero-order valence-corrected chi connectivity index (χ0v) is 17.5. The standard InChI is InChI=1S/C19H24N4O6S/c1-12-3-4-18(30(27,28)29)15(9-12)13(2)14-5-6-20-16(10-14)17(24)11-22-8-7-21-19(22)23(25)26/h3-4,7-9,13-14,16,20H,5-6,10-11H2,1-2H3,(H,27,28,29). The number of carbonyl (C=O) groups excluding carboxylic acids is 1. The van der Waals surface area contributed by atoms with Gasteiger partial charge in [0, 0.05) is 0 Å². The third-order valence-electron chi connectivity index (χ3n) is 5.66. The molecule has 1 aromatic heterocycles. The van der Waals surface area contributed by atoms with E-state index in [0.717, 1.165) is 12.0 Å². The number of carbonyl (C=O) groups is 1. The number of aryl methyl sites for hydroxylation is 1. The van der Waals surface area contributed by atoms with Crippen molar-refractivity contribution in [1.29, 1.82) is 0 Å². The van der Waals surface area contributed by atoms with Crippen molar-refractivity contribution in [1.82, 2.24) is 14.9 Å². The van der Waals surface area contributed by atoms with Gasteiger partial charge in [-0.1, -0.05) is 29.6 Å². The molecule has 3 atom stereocenters. The van der Waals surface area contributed by atoms with Crippen LogP contribution in [0.15, 0.2) is 35.5 Å². The number of rotatable bonds is 7. The third-order valence-corrected chi connectivity index (χ3v) is 6.58. The summed E-state index contributed by atoms with van der Waals surface area (Å²) >= 11 is 0. The normalized spacial score (nSPS) is 20.6. The van der Waals surface area contributed by atoms with Crippen LogP contribution in [0, 0.1) is 23.0 Å². The molecule has 1 aliphatic heterocycles. The van der Waals surface area contributed by atoms with Crippen molar-refractivity contribution >= 4 is 21.8 Å². The maximum absolute atomic E-state index is 12.8. The maximum atomic E-state index is 12.8. The van der Waals surface area contributed by atoms with E-state index >= 15 is 0 Å². The number of nitrogens with zero attached hydrogens (tertiary/aromatic N) is 3. The quantitative estimate of drug-likeness (QED) is 0.381. The smallest absolute Gasteiger partial charge is 0.390 e. The van der Waals surface area contributed by atoms with E-state index < -0.39 is 21.1 Å². The number of piperidine rings is 1. The van der Waals surface area contributed by atoms with E-state index in [9.17, 15) is 27.9 Å². The second-order valence-corrected chi connectivity index (χ2v) is 9.06. The van der Waals surface area contributed by atoms with Crippen LogP contribution in [0.1, 0.15) is 36.8 Å². The minimum Gasteiger partial charge on any atom is -0.390 e. The van der Waals surface area contributed by atoms with Crippen molar-refractivity contribution < 1.29 is 22.7 Å². The molecule has 0 saturated carbocycles. The highest BCUT2D eigenvalue weighted by molar-refractivity contribution is 7.85. The lowest BCUT2D eigenvalue weighted by molar-refractivity contribution is -0.396. The van der Waals surface area contributed by atoms with Gasteiger partial charge in [-0.2, -0.15) is 8.42 Å². The highest BCUT2D eigenvalue weighted by atomic mass is 32.2. The van der Waals surface area contributed by atoms with Gasteiger partial charge in [0.2, 0.25) is 0 Å². The number of imidazole rings is 1. The Labute approximate surface area is 174 Å². The van der Waals surface area contributed by atoms with E-state index in [2.05, 4.69) is 10.3 Å². The van der Waals surface area contributed by atoms with Crippen LogP contribution >= 0.6 is 0 Å². The van der Waals surface area contributed by atoms with E-state index in [1.807, 2.05) is 13.8 Å². The van der Waals surface area contributed by atoms with Gasteiger partial charge < -0.3 is 15.4 Å². The first-order valence-electron chi connectivity index (χ1n) is 9.57. The number of ketones is 1. The predicted molar refractivity (Wildman–Crippen MR) is 108 cm³/mol. The molecule has 2 heterocycles. The lowest BCUT2D eigenvalue weighted by Crippen LogP contribution is -2.45. The Morgan fingerprint density at radius 1 is 1.47 bits per heavy atom. The predicted octanol–water partition coefficient (Wildman–Crippen LogP) is 2.09. The molecule has 3 rings (SSSR count). The molecule has 3 unspecified atom stereocenters. The van der Waals surface area contributed by atoms with E-state index in [1.165, 1.54) is 23.0 Å². The molecular weight excluding hydrogens is 412 g/mol. The second kappa shape index (κ2) is 8.62. The Bertz CT molecular complexity index is 1060. The summed E-state index contributed by atoms with van der Waals surface area (Å²) < 4.78 is 34.4. The van der Waals surface area contributed by atoms with Gasteiger partial charge in [-0.05, 0) is 54.7 Å². The maximum Gasteiger partial charge on any atom is 0.434 e. The van der Waals surface area contributed by atoms with Crippen LogP contribution in [0.2, 0.25) is 0 Å². The first-order chi connectivity index (χ1) is 14.1. The zero-order chi connectivity index (χ0) is 22.1. The lowest BCUT2D eigenvalue weighted by atomic mass is 9.78. The van der Waals surface area contributed by atoms with Gasteiger partial charge in [0.15, 0.2) is 5.78 Å². The third kappa shape index (κ3) is 4.74. The Morgan fingerprint density at radius 2 is 2.20 bits per heavy atom. The summed E-state index contributed by atoms with van der Waals surface area (Å²) in [5.74, 6) is -0.795. The highest BCUT2D eigenvalue weighted by Gasteiger charge is 2.33. The van der Waals surface area contributed by atoms with Crippen molar-refractivity contribution in [2.24, 2.45) is 5.92 Å². The number of nitrogens with one attached hydrogen (secondary N) is 1. The Kier molecular flexibility index (Phi) is 6.34. The van der Waals surface area contributed by atoms with Gasteiger partial charge >= 0.3 is 5.95 Å². The number of Topliss-reactive ketones (excluding diaryl/α,β-unsaturated/α-hetero) is 1. The van der Waals surface area contributed by atoms with Crippen LogP contribution < -0.4 is 5.32 Å². The highest BCUT2D eigenvalue weighted by Crippen LogP contribution is 2.36. The van der Waals surface area contributed by atoms with Crippen molar-refractivity contribution in [2.75, 3.05) is 6.54 Å². The summed E-state index contributed by atoms with van der Waals surface area (Å²) in [7, 11) is -4.37. The number of hydrogen-bond acceptors (Lipinski definition) is 7. The fraction of sp³-hybridized carbons (Fsp3) is 0.474. The largest absolute Gasteiger partial charge is 0.434 e. The summed E-state index contributed by atoms with van der Waals surface area (Å²) in [6.07, 6.45) is 3.86. The summed E-state index contributed by atoms with van der Waals surface area (Å²) in [6, 6.07) is 4.28. The van der Waals surface area contributed by atoms with Crippen molar-refractivity contribution in [3.05, 3.63) is 51.8 Å². The fourth-order valence-electron chi connectivity index (χ4n) is 4.03. The SMILES string of the molecule is Cc1ccc(S(=O)(=O)O)c(C(C)C2CCNC(C(=O)Cn3ccnc3[N+](=O)[O-])C2)c1. The molecule has 2 aromatic rings. The average molecular weight is 436 g/mol. The van der Waals surface area contributed by atoms with Crippen LogP contribution in [0.4, 0.5) is 5.95 Å². The van der Waals surface area contributed by atoms with Gasteiger partial charge in [0.25, 0.3) is 10.1 Å². The minimum absolute atomic E-state index is 0.000253. The molecule has 11 heteroatoms. The van der Waals surface area contributed by atoms with Crippen LogP contribution in [0.25, 0.3) is 0 Å². The minimum atomic E-state index is -4.37. The summed E-state index contributed by atoms with van der Waals surface area (Å²) in [5.41, 5.74) is 1.40. The molecule has 1 fully saturated rings. The van der Waals surface area contributed by atoms with E-state index in [1.54, 1.807) is 12.1 Å².